The number of halogens is 8. The van der Waals surface area contributed by atoms with Crippen molar-refractivity contribution in [1.82, 2.24) is 29.9 Å². The number of rotatable bonds is 9. The number of aryl methyl sites for hydroxylation is 2. The molecule has 0 radical (unpaired) electrons. The van der Waals surface area contributed by atoms with E-state index in [2.05, 4.69) is 27.4 Å². The van der Waals surface area contributed by atoms with Gasteiger partial charge < -0.3 is 5.32 Å². The van der Waals surface area contributed by atoms with E-state index in [1.54, 1.807) is 36.9 Å². The van der Waals surface area contributed by atoms with Crippen LogP contribution in [0.4, 0.5) is 30.7 Å². The Labute approximate surface area is 332 Å². The van der Waals surface area contributed by atoms with Crippen molar-refractivity contribution in [3.05, 3.63) is 98.7 Å². The summed E-state index contributed by atoms with van der Waals surface area (Å²) < 4.78 is 129. The summed E-state index contributed by atoms with van der Waals surface area (Å²) in [6, 6.07) is 7.76. The van der Waals surface area contributed by atoms with Gasteiger partial charge in [0.15, 0.2) is 15.5 Å². The van der Waals surface area contributed by atoms with Crippen molar-refractivity contribution in [1.29, 1.82) is 0 Å². The summed E-state index contributed by atoms with van der Waals surface area (Å²) in [5.41, 5.74) is -0.998. The van der Waals surface area contributed by atoms with Gasteiger partial charge in [-0.25, -0.2) is 22.2 Å². The number of carbonyl (C=O) groups is 1. The largest absolute Gasteiger partial charge is 0.435 e. The molecule has 0 spiro atoms. The van der Waals surface area contributed by atoms with Gasteiger partial charge in [0.25, 0.3) is 5.92 Å². The number of fused-ring (bicyclic) bond motifs is 4. The maximum absolute atomic E-state index is 15.4. The molecule has 58 heavy (non-hydrogen) atoms. The van der Waals surface area contributed by atoms with E-state index in [9.17, 15) is 35.2 Å². The third-order valence-corrected chi connectivity index (χ3v) is 14.2. The number of nitrogens with one attached hydrogen (secondary N) is 1. The Morgan fingerprint density at radius 3 is 2.38 bits per heavy atom. The highest BCUT2D eigenvalue weighted by molar-refractivity contribution is 7.93. The second-order valence-electron chi connectivity index (χ2n) is 15.6. The summed E-state index contributed by atoms with van der Waals surface area (Å²) in [5, 5.41) is 11.1. The molecule has 1 amide bonds. The minimum absolute atomic E-state index is 0.0345. The van der Waals surface area contributed by atoms with Crippen LogP contribution in [0.3, 0.4) is 0 Å². The molecular weight excluding hydrogens is 813 g/mol. The number of alkyl halides is 5. The molecule has 2 saturated carbocycles. The first-order chi connectivity index (χ1) is 27.1. The molecule has 3 aliphatic rings. The zero-order valence-corrected chi connectivity index (χ0v) is 32.9. The zero-order chi connectivity index (χ0) is 41.9. The van der Waals surface area contributed by atoms with Crippen LogP contribution in [0.2, 0.25) is 5.02 Å². The Kier molecular flexibility index (Phi) is 9.31. The van der Waals surface area contributed by atoms with Crippen LogP contribution >= 0.6 is 11.6 Å². The number of aromatic nitrogens is 5. The molecule has 0 unspecified atom stereocenters. The third-order valence-electron chi connectivity index (χ3n) is 11.0. The van der Waals surface area contributed by atoms with E-state index < -0.39 is 90.8 Å². The summed E-state index contributed by atoms with van der Waals surface area (Å²) in [5.74, 6) is -3.34. The minimum Gasteiger partial charge on any atom is -0.346 e. The fraction of sp³-hybridized carbons (Fsp3) is 0.400. The van der Waals surface area contributed by atoms with Crippen molar-refractivity contribution >= 4 is 38.2 Å². The molecule has 18 heteroatoms. The number of nitrogens with zero attached hydrogens (tertiary/aromatic N) is 5. The van der Waals surface area contributed by atoms with Crippen LogP contribution < -0.4 is 5.32 Å². The first kappa shape index (κ1) is 39.9. The van der Waals surface area contributed by atoms with E-state index >= 15 is 8.78 Å². The van der Waals surface area contributed by atoms with Gasteiger partial charge in [-0.05, 0) is 94.2 Å². The average molecular weight is 847 g/mol. The number of pyridine rings is 1. The number of sulfone groups is 1. The number of hydrogen-bond acceptors (Lipinski definition) is 6. The van der Waals surface area contributed by atoms with Gasteiger partial charge in [-0.1, -0.05) is 23.6 Å². The molecule has 1 N–H and O–H groups in total. The standard InChI is InChI=1S/C40H34ClF7N6O3S/c1-19-32-29(41)10-9-26(35(32)53(4)51-19)25-8-5-23(11-12-38(2,3)58(56,57)24-6-7-24)49-34(25)30(15-20-13-21(42)16-22(43)14-20)50-31(55)18-54-37-33(36(52-54)40(46,47)48)27-17-28(27)39(37,44)45/h5,8-10,13-14,16,24,27-28,30H,6-7,15,17-18H2,1-4H3,(H,50,55)/t27-,28+,30-/m0/s1. The van der Waals surface area contributed by atoms with Crippen LogP contribution in [-0.2, 0) is 46.7 Å². The van der Waals surface area contributed by atoms with Gasteiger partial charge in [0, 0.05) is 41.1 Å². The monoisotopic (exact) mass is 846 g/mol. The fourth-order valence-electron chi connectivity index (χ4n) is 8.06. The van der Waals surface area contributed by atoms with E-state index in [0.717, 1.165) is 12.1 Å². The SMILES string of the molecule is Cc1nn(C)c2c(-c3ccc(C#CC(C)(C)S(=O)(=O)C4CC4)nc3[C@H](Cc3cc(F)cc(F)c3)NC(=O)Cn3nc(C(F)(F)F)c4c3C(F)(F)[C@@H]3C[C@H]43)ccc(Cl)c12. The Hall–Kier alpha value is -4.95. The first-order valence-electron chi connectivity index (χ1n) is 18.3. The first-order valence-corrected chi connectivity index (χ1v) is 20.2. The predicted octanol–water partition coefficient (Wildman–Crippen LogP) is 8.11. The van der Waals surface area contributed by atoms with Crippen molar-refractivity contribution < 1.29 is 43.9 Å². The molecule has 2 fully saturated rings. The highest BCUT2D eigenvalue weighted by Gasteiger charge is 2.68. The van der Waals surface area contributed by atoms with Crippen molar-refractivity contribution in [2.24, 2.45) is 13.0 Å². The molecule has 3 heterocycles. The van der Waals surface area contributed by atoms with Gasteiger partial charge in [0.1, 0.15) is 34.3 Å². The van der Waals surface area contributed by atoms with E-state index in [1.165, 1.54) is 19.9 Å². The second-order valence-corrected chi connectivity index (χ2v) is 18.8. The molecule has 3 atom stereocenters. The van der Waals surface area contributed by atoms with Crippen LogP contribution in [0, 0.1) is 36.3 Å². The smallest absolute Gasteiger partial charge is 0.346 e. The molecule has 3 aliphatic carbocycles. The summed E-state index contributed by atoms with van der Waals surface area (Å²) in [6.07, 6.45) is -4.52. The number of benzene rings is 2. The number of hydrogen-bond donors (Lipinski definition) is 1. The topological polar surface area (TPSA) is 112 Å². The van der Waals surface area contributed by atoms with Crippen LogP contribution in [0.15, 0.2) is 42.5 Å². The van der Waals surface area contributed by atoms with Crippen LogP contribution in [-0.4, -0.2) is 48.9 Å². The summed E-state index contributed by atoms with van der Waals surface area (Å²) in [6.45, 7) is 3.64. The van der Waals surface area contributed by atoms with E-state index in [1.807, 2.05) is 0 Å². The molecule has 9 nitrogen and oxygen atoms in total. The average Bonchev–Trinajstić information content (AvgIpc) is 4.04. The van der Waals surface area contributed by atoms with Gasteiger partial charge in [-0.3, -0.25) is 14.2 Å². The molecule has 0 saturated heterocycles. The summed E-state index contributed by atoms with van der Waals surface area (Å²) >= 11 is 6.60. The van der Waals surface area contributed by atoms with Crippen LogP contribution in [0.5, 0.6) is 0 Å². The summed E-state index contributed by atoms with van der Waals surface area (Å²) in [4.78, 5) is 18.7. The quantitative estimate of drug-likeness (QED) is 0.119. The zero-order valence-electron chi connectivity index (χ0n) is 31.3. The maximum atomic E-state index is 15.4. The summed E-state index contributed by atoms with van der Waals surface area (Å²) in [7, 11) is -1.97. The second kappa shape index (κ2) is 13.6. The Morgan fingerprint density at radius 1 is 1.05 bits per heavy atom. The van der Waals surface area contributed by atoms with E-state index in [4.69, 9.17) is 16.6 Å². The normalized spacial score (nSPS) is 19.0. The molecular formula is C40H34ClF7N6O3S. The Bertz CT molecular complexity index is 2710. The van der Waals surface area contributed by atoms with Gasteiger partial charge in [-0.2, -0.15) is 32.1 Å². The molecule has 8 rings (SSSR count). The van der Waals surface area contributed by atoms with Crippen LogP contribution in [0.25, 0.3) is 22.0 Å². The van der Waals surface area contributed by atoms with Gasteiger partial charge in [-0.15, -0.1) is 0 Å². The molecule has 5 aromatic rings. The lowest BCUT2D eigenvalue weighted by molar-refractivity contribution is -0.142. The molecule has 0 aliphatic heterocycles. The Balaban J connectivity index is 1.27. The van der Waals surface area contributed by atoms with E-state index in [0.29, 0.717) is 56.3 Å². The predicted molar refractivity (Wildman–Crippen MR) is 200 cm³/mol. The van der Waals surface area contributed by atoms with Crippen molar-refractivity contribution in [3.63, 3.8) is 0 Å². The van der Waals surface area contributed by atoms with Gasteiger partial charge in [0.05, 0.1) is 33.2 Å². The van der Waals surface area contributed by atoms with Gasteiger partial charge in [0.2, 0.25) is 5.91 Å². The maximum Gasteiger partial charge on any atom is 0.435 e. The van der Waals surface area contributed by atoms with Crippen LogP contribution in [0.1, 0.15) is 84.7 Å². The molecule has 304 valence electrons. The number of carbonyl (C=O) groups excluding carboxylic acids is 1. The molecule has 0 bridgehead atoms. The lowest BCUT2D eigenvalue weighted by Gasteiger charge is -2.23. The minimum atomic E-state index is -5.07. The highest BCUT2D eigenvalue weighted by atomic mass is 35.5. The molecule has 3 aromatic heterocycles. The lowest BCUT2D eigenvalue weighted by atomic mass is 9.93. The number of amides is 1. The van der Waals surface area contributed by atoms with E-state index in [-0.39, 0.29) is 29.8 Å². The fourth-order valence-corrected chi connectivity index (χ4v) is 10.1. The lowest BCUT2D eigenvalue weighted by Crippen LogP contribution is -2.35. The van der Waals surface area contributed by atoms with Crippen molar-refractivity contribution in [2.75, 3.05) is 0 Å². The van der Waals surface area contributed by atoms with Crippen molar-refractivity contribution in [3.8, 4) is 23.0 Å². The Morgan fingerprint density at radius 2 is 1.72 bits per heavy atom. The third kappa shape index (κ3) is 6.81. The molecule has 2 aromatic carbocycles. The van der Waals surface area contributed by atoms with Crippen molar-refractivity contribution in [2.45, 2.75) is 87.1 Å². The highest BCUT2D eigenvalue weighted by Crippen LogP contribution is 2.68. The van der Waals surface area contributed by atoms with Gasteiger partial charge >= 0.3 is 6.18 Å².